The molecule has 25 heavy (non-hydrogen) atoms. The highest BCUT2D eigenvalue weighted by Gasteiger charge is 2.10. The summed E-state index contributed by atoms with van der Waals surface area (Å²) in [6.45, 7) is 5.89. The molecule has 2 heterocycles. The first-order valence-corrected chi connectivity index (χ1v) is 8.23. The number of pyridine rings is 2. The van der Waals surface area contributed by atoms with Gasteiger partial charge in [0.15, 0.2) is 0 Å². The fourth-order valence-corrected chi connectivity index (χ4v) is 2.74. The van der Waals surface area contributed by atoms with E-state index in [9.17, 15) is 4.79 Å². The highest BCUT2D eigenvalue weighted by atomic mass is 16.5. The normalized spacial score (nSPS) is 10.7. The zero-order valence-electron chi connectivity index (χ0n) is 14.9. The molecule has 0 spiro atoms. The molecular formula is C20H21N3O2. The van der Waals surface area contributed by atoms with Crippen LogP contribution in [0.5, 0.6) is 5.75 Å². The van der Waals surface area contributed by atoms with Gasteiger partial charge in [0, 0.05) is 29.3 Å². The Hall–Kier alpha value is -2.95. The Morgan fingerprint density at radius 2 is 1.92 bits per heavy atom. The fraction of sp³-hybridized carbons (Fsp3) is 0.250. The fourth-order valence-electron chi connectivity index (χ4n) is 2.74. The zero-order chi connectivity index (χ0) is 18.0. The van der Waals surface area contributed by atoms with Crippen molar-refractivity contribution in [2.24, 2.45) is 0 Å². The van der Waals surface area contributed by atoms with Crippen molar-refractivity contribution in [2.75, 3.05) is 12.4 Å². The van der Waals surface area contributed by atoms with E-state index in [1.165, 1.54) is 0 Å². The van der Waals surface area contributed by atoms with E-state index >= 15 is 0 Å². The summed E-state index contributed by atoms with van der Waals surface area (Å²) in [6, 6.07) is 7.95. The quantitative estimate of drug-likeness (QED) is 0.773. The number of benzene rings is 1. The minimum absolute atomic E-state index is 0.00711. The van der Waals surface area contributed by atoms with Crippen molar-refractivity contribution < 1.29 is 9.53 Å². The van der Waals surface area contributed by atoms with Crippen molar-refractivity contribution in [3.05, 3.63) is 47.8 Å². The van der Waals surface area contributed by atoms with Gasteiger partial charge in [-0.05, 0) is 49.2 Å². The number of aryl methyl sites for hydroxylation is 2. The molecule has 0 unspecified atom stereocenters. The Morgan fingerprint density at radius 1 is 1.12 bits per heavy atom. The number of hydrogen-bond donors (Lipinski definition) is 1. The Kier molecular flexibility index (Phi) is 4.65. The maximum absolute atomic E-state index is 11.7. The molecule has 3 rings (SSSR count). The molecule has 0 bridgehead atoms. The predicted octanol–water partition coefficient (Wildman–Crippen LogP) is 4.27. The van der Waals surface area contributed by atoms with Gasteiger partial charge < -0.3 is 10.1 Å². The third kappa shape index (κ3) is 3.45. The van der Waals surface area contributed by atoms with Crippen LogP contribution in [0.1, 0.15) is 24.5 Å². The van der Waals surface area contributed by atoms with E-state index in [0.717, 1.165) is 39.0 Å². The number of ether oxygens (including phenoxy) is 1. The molecule has 1 N–H and O–H groups in total. The maximum Gasteiger partial charge on any atom is 0.224 e. The average molecular weight is 335 g/mol. The molecule has 2 aromatic heterocycles. The van der Waals surface area contributed by atoms with Gasteiger partial charge in [-0.2, -0.15) is 0 Å². The SMILES string of the molecule is CCC(=O)Nc1cc2nc(-c3cncc(OC)c3)cc(C)c2cc1C. The molecule has 0 aliphatic rings. The Morgan fingerprint density at radius 3 is 2.64 bits per heavy atom. The van der Waals surface area contributed by atoms with Crippen LogP contribution in [-0.4, -0.2) is 23.0 Å². The Balaban J connectivity index is 2.13. The molecule has 1 amide bonds. The van der Waals surface area contributed by atoms with E-state index in [1.807, 2.05) is 32.0 Å². The molecular weight excluding hydrogens is 314 g/mol. The van der Waals surface area contributed by atoms with Gasteiger partial charge in [-0.3, -0.25) is 9.78 Å². The number of methoxy groups -OCH3 is 1. The predicted molar refractivity (Wildman–Crippen MR) is 99.9 cm³/mol. The van der Waals surface area contributed by atoms with Crippen molar-refractivity contribution in [3.63, 3.8) is 0 Å². The van der Waals surface area contributed by atoms with Crippen molar-refractivity contribution in [2.45, 2.75) is 27.2 Å². The summed E-state index contributed by atoms with van der Waals surface area (Å²) >= 11 is 0. The molecule has 0 atom stereocenters. The zero-order valence-corrected chi connectivity index (χ0v) is 14.9. The number of carbonyl (C=O) groups is 1. The Labute approximate surface area is 147 Å². The number of nitrogens with zero attached hydrogens (tertiary/aromatic N) is 2. The molecule has 0 radical (unpaired) electrons. The van der Waals surface area contributed by atoms with Crippen LogP contribution in [0.25, 0.3) is 22.2 Å². The van der Waals surface area contributed by atoms with Crippen LogP contribution in [-0.2, 0) is 4.79 Å². The minimum Gasteiger partial charge on any atom is -0.495 e. The van der Waals surface area contributed by atoms with Crippen LogP contribution in [0.3, 0.4) is 0 Å². The first-order chi connectivity index (χ1) is 12.0. The van der Waals surface area contributed by atoms with Gasteiger partial charge in [-0.1, -0.05) is 6.92 Å². The van der Waals surface area contributed by atoms with Crippen LogP contribution >= 0.6 is 0 Å². The summed E-state index contributed by atoms with van der Waals surface area (Å²) in [5.74, 6) is 0.684. The molecule has 0 fully saturated rings. The first kappa shape index (κ1) is 16.9. The van der Waals surface area contributed by atoms with Crippen LogP contribution in [0, 0.1) is 13.8 Å². The second-order valence-corrected chi connectivity index (χ2v) is 6.02. The third-order valence-electron chi connectivity index (χ3n) is 4.20. The summed E-state index contributed by atoms with van der Waals surface area (Å²) in [4.78, 5) is 20.7. The van der Waals surface area contributed by atoms with E-state index in [4.69, 9.17) is 9.72 Å². The molecule has 5 nitrogen and oxygen atoms in total. The molecule has 128 valence electrons. The molecule has 1 aromatic carbocycles. The van der Waals surface area contributed by atoms with E-state index in [1.54, 1.807) is 19.5 Å². The molecule has 0 saturated heterocycles. The summed E-state index contributed by atoms with van der Waals surface area (Å²) in [6.07, 6.45) is 3.88. The maximum atomic E-state index is 11.7. The van der Waals surface area contributed by atoms with Gasteiger partial charge in [0.05, 0.1) is 24.5 Å². The minimum atomic E-state index is -0.00711. The number of amides is 1. The largest absolute Gasteiger partial charge is 0.495 e. The number of carbonyl (C=O) groups excluding carboxylic acids is 1. The van der Waals surface area contributed by atoms with Crippen LogP contribution in [0.4, 0.5) is 5.69 Å². The van der Waals surface area contributed by atoms with Gasteiger partial charge in [0.2, 0.25) is 5.91 Å². The number of anilines is 1. The van der Waals surface area contributed by atoms with Gasteiger partial charge in [0.1, 0.15) is 5.75 Å². The molecule has 0 aliphatic carbocycles. The lowest BCUT2D eigenvalue weighted by atomic mass is 10.0. The third-order valence-corrected chi connectivity index (χ3v) is 4.20. The number of hydrogen-bond acceptors (Lipinski definition) is 4. The summed E-state index contributed by atoms with van der Waals surface area (Å²) in [7, 11) is 1.62. The van der Waals surface area contributed by atoms with Gasteiger partial charge in [0.25, 0.3) is 0 Å². The summed E-state index contributed by atoms with van der Waals surface area (Å²) in [5.41, 5.74) is 5.51. The van der Waals surface area contributed by atoms with Crippen molar-refractivity contribution in [1.29, 1.82) is 0 Å². The Bertz CT molecular complexity index is 951. The standard InChI is InChI=1S/C20H21N3O2/c1-5-20(24)23-17-9-19-16(6-13(17)3)12(2)7-18(22-19)14-8-15(25-4)11-21-10-14/h6-11H,5H2,1-4H3,(H,23,24). The van der Waals surface area contributed by atoms with Gasteiger partial charge >= 0.3 is 0 Å². The van der Waals surface area contributed by atoms with E-state index in [2.05, 4.69) is 23.3 Å². The second kappa shape index (κ2) is 6.89. The number of aromatic nitrogens is 2. The van der Waals surface area contributed by atoms with E-state index in [0.29, 0.717) is 12.2 Å². The topological polar surface area (TPSA) is 64.1 Å². The lowest BCUT2D eigenvalue weighted by molar-refractivity contribution is -0.115. The van der Waals surface area contributed by atoms with Crippen molar-refractivity contribution in [1.82, 2.24) is 9.97 Å². The van der Waals surface area contributed by atoms with Gasteiger partial charge in [-0.25, -0.2) is 4.98 Å². The van der Waals surface area contributed by atoms with E-state index < -0.39 is 0 Å². The summed E-state index contributed by atoms with van der Waals surface area (Å²) in [5, 5.41) is 4.01. The van der Waals surface area contributed by atoms with E-state index in [-0.39, 0.29) is 5.91 Å². The highest BCUT2D eigenvalue weighted by molar-refractivity contribution is 5.95. The molecule has 0 saturated carbocycles. The molecule has 5 heteroatoms. The average Bonchev–Trinajstić information content (AvgIpc) is 2.62. The second-order valence-electron chi connectivity index (χ2n) is 6.02. The molecule has 0 aliphatic heterocycles. The first-order valence-electron chi connectivity index (χ1n) is 8.23. The monoisotopic (exact) mass is 335 g/mol. The lowest BCUT2D eigenvalue weighted by Gasteiger charge is -2.12. The number of rotatable bonds is 4. The highest BCUT2D eigenvalue weighted by Crippen LogP contribution is 2.29. The van der Waals surface area contributed by atoms with Crippen molar-refractivity contribution >= 4 is 22.5 Å². The number of nitrogens with one attached hydrogen (secondary N) is 1. The lowest BCUT2D eigenvalue weighted by Crippen LogP contribution is -2.10. The molecule has 3 aromatic rings. The van der Waals surface area contributed by atoms with Gasteiger partial charge in [-0.15, -0.1) is 0 Å². The summed E-state index contributed by atoms with van der Waals surface area (Å²) < 4.78 is 5.25. The van der Waals surface area contributed by atoms with Crippen LogP contribution < -0.4 is 10.1 Å². The van der Waals surface area contributed by atoms with Crippen LogP contribution in [0.15, 0.2) is 36.7 Å². The number of fused-ring (bicyclic) bond motifs is 1. The smallest absolute Gasteiger partial charge is 0.224 e. The van der Waals surface area contributed by atoms with Crippen molar-refractivity contribution in [3.8, 4) is 17.0 Å². The van der Waals surface area contributed by atoms with Crippen LogP contribution in [0.2, 0.25) is 0 Å².